The summed E-state index contributed by atoms with van der Waals surface area (Å²) < 4.78 is 7.40. The SMILES string of the molecule is CO[SH]1CC(CSc2nnnn2C)=C(C(C(=O)O)(c2ccccc2)c2ccccc2)N2C(=O)CC21. The summed E-state index contributed by atoms with van der Waals surface area (Å²) in [5.41, 5.74) is 0.990. The summed E-state index contributed by atoms with van der Waals surface area (Å²) in [5, 5.41) is 23.1. The molecule has 0 aliphatic carbocycles. The molecule has 1 aromatic heterocycles. The standard InChI is InChI=1S/C24H25N5O4S2/c1-28-23(25-26-27-28)34-14-16-15-35(33-2)20-13-19(30)29(20)21(16)24(22(31)32,17-9-5-3-6-10-17)18-11-7-4-8-12-18/h3-12,20,35H,13-15H2,1-2H3,(H,31,32). The predicted octanol–water partition coefficient (Wildman–Crippen LogP) is 2.76. The number of rotatable bonds is 8. The molecule has 2 aliphatic rings. The Kier molecular flexibility index (Phi) is 6.39. The van der Waals surface area contributed by atoms with Gasteiger partial charge in [-0.15, -0.1) is 16.3 Å². The number of β-lactam (4-membered cyclic amide) rings is 1. The fourth-order valence-electron chi connectivity index (χ4n) is 4.85. The van der Waals surface area contributed by atoms with Gasteiger partial charge < -0.3 is 14.2 Å². The molecule has 35 heavy (non-hydrogen) atoms. The molecule has 1 saturated heterocycles. The van der Waals surface area contributed by atoms with Crippen LogP contribution in [0, 0.1) is 0 Å². The summed E-state index contributed by atoms with van der Waals surface area (Å²) >= 11 is 0.442. The number of carboxylic acid groups (broad SMARTS) is 1. The molecule has 1 amide bonds. The van der Waals surface area contributed by atoms with Crippen molar-refractivity contribution >= 4 is 34.8 Å². The Balaban J connectivity index is 1.77. The van der Waals surface area contributed by atoms with Gasteiger partial charge in [-0.05, 0) is 27.1 Å². The highest BCUT2D eigenvalue weighted by Crippen LogP contribution is 2.56. The van der Waals surface area contributed by atoms with Crippen molar-refractivity contribution in [2.75, 3.05) is 18.6 Å². The third-order valence-corrected chi connectivity index (χ3v) is 9.80. The molecular weight excluding hydrogens is 486 g/mol. The average Bonchev–Trinajstić information content (AvgIpc) is 3.28. The molecule has 3 aromatic rings. The first-order valence-corrected chi connectivity index (χ1v) is 13.5. The third-order valence-electron chi connectivity index (χ3n) is 6.46. The van der Waals surface area contributed by atoms with E-state index in [2.05, 4.69) is 15.5 Å². The molecule has 2 aliphatic heterocycles. The zero-order valence-corrected chi connectivity index (χ0v) is 20.9. The molecule has 2 aromatic carbocycles. The number of hydrogen-bond donors (Lipinski definition) is 2. The van der Waals surface area contributed by atoms with Crippen molar-refractivity contribution in [1.82, 2.24) is 25.1 Å². The predicted molar refractivity (Wildman–Crippen MR) is 134 cm³/mol. The fourth-order valence-corrected chi connectivity index (χ4v) is 7.94. The summed E-state index contributed by atoms with van der Waals surface area (Å²) in [6.07, 6.45) is 0.357. The second kappa shape index (κ2) is 9.48. The Morgan fingerprint density at radius 2 is 1.80 bits per heavy atom. The Hall–Kier alpha value is -3.15. The molecular formula is C24H25N5O4S2. The maximum absolute atomic E-state index is 13.4. The van der Waals surface area contributed by atoms with Crippen molar-refractivity contribution < 1.29 is 18.9 Å². The van der Waals surface area contributed by atoms with Gasteiger partial charge in [-0.3, -0.25) is 9.59 Å². The number of thioether (sulfide) groups is 1. The molecule has 0 radical (unpaired) electrons. The smallest absolute Gasteiger partial charge is 0.324 e. The monoisotopic (exact) mass is 511 g/mol. The number of aryl methyl sites for hydroxylation is 1. The number of carbonyl (C=O) groups is 2. The minimum Gasteiger partial charge on any atom is -0.480 e. The van der Waals surface area contributed by atoms with Crippen LogP contribution in [0.25, 0.3) is 0 Å². The number of tetrazole rings is 1. The number of benzene rings is 2. The molecule has 1 N–H and O–H groups in total. The number of fused-ring (bicyclic) bond motifs is 1. The van der Waals surface area contributed by atoms with E-state index in [0.29, 0.717) is 39.9 Å². The van der Waals surface area contributed by atoms with Crippen LogP contribution in [0.1, 0.15) is 17.5 Å². The van der Waals surface area contributed by atoms with E-state index in [4.69, 9.17) is 4.18 Å². The number of aromatic nitrogens is 4. The highest BCUT2D eigenvalue weighted by atomic mass is 32.2. The lowest BCUT2D eigenvalue weighted by Crippen LogP contribution is -2.60. The molecule has 0 saturated carbocycles. The number of nitrogens with zero attached hydrogens (tertiary/aromatic N) is 5. The van der Waals surface area contributed by atoms with Gasteiger partial charge in [-0.1, -0.05) is 72.4 Å². The number of aliphatic carboxylic acids is 1. The normalized spacial score (nSPS) is 21.0. The van der Waals surface area contributed by atoms with Gasteiger partial charge in [0, 0.05) is 31.4 Å². The molecule has 2 atom stereocenters. The number of thiol groups is 1. The van der Waals surface area contributed by atoms with Gasteiger partial charge in [0.15, 0.2) is 5.41 Å². The van der Waals surface area contributed by atoms with Crippen molar-refractivity contribution in [2.24, 2.45) is 7.05 Å². The number of hydrogen-bond acceptors (Lipinski definition) is 7. The second-order valence-electron chi connectivity index (χ2n) is 8.32. The Labute approximate surface area is 209 Å². The van der Waals surface area contributed by atoms with Gasteiger partial charge in [0.1, 0.15) is 0 Å². The van der Waals surface area contributed by atoms with Crippen LogP contribution in [0.3, 0.4) is 0 Å². The Morgan fingerprint density at radius 1 is 1.17 bits per heavy atom. The number of carbonyl (C=O) groups excluding carboxylic acids is 1. The van der Waals surface area contributed by atoms with E-state index in [0.717, 1.165) is 5.57 Å². The molecule has 3 heterocycles. The molecule has 2 unspecified atom stereocenters. The maximum Gasteiger partial charge on any atom is 0.324 e. The highest BCUT2D eigenvalue weighted by Gasteiger charge is 2.57. The third kappa shape index (κ3) is 3.83. The first-order valence-electron chi connectivity index (χ1n) is 11.0. The number of carboxylic acids is 1. The van der Waals surface area contributed by atoms with Crippen molar-refractivity contribution in [3.05, 3.63) is 83.1 Å². The van der Waals surface area contributed by atoms with Crippen LogP contribution >= 0.6 is 22.9 Å². The van der Waals surface area contributed by atoms with Crippen LogP contribution < -0.4 is 0 Å². The molecule has 0 bridgehead atoms. The van der Waals surface area contributed by atoms with Crippen molar-refractivity contribution in [3.8, 4) is 0 Å². The Morgan fingerprint density at radius 3 is 2.29 bits per heavy atom. The zero-order valence-electron chi connectivity index (χ0n) is 19.2. The van der Waals surface area contributed by atoms with E-state index < -0.39 is 22.6 Å². The largest absolute Gasteiger partial charge is 0.480 e. The first-order chi connectivity index (χ1) is 17.0. The molecule has 11 heteroatoms. The molecule has 9 nitrogen and oxygen atoms in total. The van der Waals surface area contributed by atoms with Crippen LogP contribution in [-0.2, 0) is 26.2 Å². The summed E-state index contributed by atoms with van der Waals surface area (Å²) in [4.78, 5) is 28.3. The summed E-state index contributed by atoms with van der Waals surface area (Å²) in [7, 11) is 3.42. The van der Waals surface area contributed by atoms with Gasteiger partial charge in [0.2, 0.25) is 11.1 Å². The van der Waals surface area contributed by atoms with Crippen LogP contribution in [0.2, 0.25) is 0 Å². The summed E-state index contributed by atoms with van der Waals surface area (Å²) in [6, 6.07) is 18.3. The highest BCUT2D eigenvalue weighted by molar-refractivity contribution is 8.13. The first kappa shape index (κ1) is 23.6. The topological polar surface area (TPSA) is 110 Å². The average molecular weight is 512 g/mol. The lowest BCUT2D eigenvalue weighted by Gasteiger charge is -2.54. The van der Waals surface area contributed by atoms with E-state index in [-0.39, 0.29) is 11.3 Å². The van der Waals surface area contributed by atoms with Crippen LogP contribution in [0.5, 0.6) is 0 Å². The van der Waals surface area contributed by atoms with Crippen molar-refractivity contribution in [3.63, 3.8) is 0 Å². The van der Waals surface area contributed by atoms with E-state index >= 15 is 0 Å². The molecule has 0 spiro atoms. The summed E-state index contributed by atoms with van der Waals surface area (Å²) in [5.74, 6) is -0.121. The molecule has 1 fully saturated rings. The van der Waals surface area contributed by atoms with E-state index in [1.165, 1.54) is 11.8 Å². The van der Waals surface area contributed by atoms with Crippen molar-refractivity contribution in [2.45, 2.75) is 22.4 Å². The lowest BCUT2D eigenvalue weighted by molar-refractivity contribution is -0.145. The van der Waals surface area contributed by atoms with Gasteiger partial charge in [-0.2, -0.15) is 0 Å². The van der Waals surface area contributed by atoms with Gasteiger partial charge in [-0.25, -0.2) is 4.68 Å². The minimum absolute atomic E-state index is 0.0884. The van der Waals surface area contributed by atoms with E-state index in [1.54, 1.807) is 23.7 Å². The van der Waals surface area contributed by atoms with Crippen molar-refractivity contribution in [1.29, 1.82) is 0 Å². The van der Waals surface area contributed by atoms with Gasteiger partial charge in [0.25, 0.3) is 0 Å². The lowest BCUT2D eigenvalue weighted by atomic mass is 9.69. The number of amides is 1. The van der Waals surface area contributed by atoms with Gasteiger partial charge in [0.05, 0.1) is 11.8 Å². The zero-order chi connectivity index (χ0) is 24.6. The summed E-state index contributed by atoms with van der Waals surface area (Å²) in [6.45, 7) is 0. The minimum atomic E-state index is -1.57. The Bertz CT molecular complexity index is 1240. The van der Waals surface area contributed by atoms with Crippen LogP contribution in [0.15, 0.2) is 77.1 Å². The molecule has 5 rings (SSSR count). The van der Waals surface area contributed by atoms with Gasteiger partial charge >= 0.3 is 5.97 Å². The maximum atomic E-state index is 13.4. The van der Waals surface area contributed by atoms with Crippen LogP contribution in [-0.4, -0.2) is 66.1 Å². The fraction of sp³-hybridized carbons (Fsp3) is 0.292. The van der Waals surface area contributed by atoms with Crippen LogP contribution in [0.4, 0.5) is 0 Å². The van der Waals surface area contributed by atoms with E-state index in [1.807, 2.05) is 60.7 Å². The second-order valence-corrected chi connectivity index (χ2v) is 11.4. The quantitative estimate of drug-likeness (QED) is 0.270. The van der Waals surface area contributed by atoms with E-state index in [9.17, 15) is 14.7 Å². The molecule has 182 valence electrons.